The van der Waals surface area contributed by atoms with E-state index in [4.69, 9.17) is 0 Å². The van der Waals surface area contributed by atoms with Crippen molar-refractivity contribution in [1.82, 2.24) is 0 Å². The molecule has 4 aromatic carbocycles. The van der Waals surface area contributed by atoms with Gasteiger partial charge in [0.05, 0.1) is 0 Å². The van der Waals surface area contributed by atoms with E-state index in [1.165, 1.54) is 50.1 Å². The lowest BCUT2D eigenvalue weighted by Crippen LogP contribution is -2.14. The van der Waals surface area contributed by atoms with Gasteiger partial charge < -0.3 is 0 Å². The molecule has 0 aliphatic heterocycles. The molecular weight excluding hydrogens is 336 g/mol. The van der Waals surface area contributed by atoms with Crippen molar-refractivity contribution in [1.29, 1.82) is 0 Å². The van der Waals surface area contributed by atoms with Gasteiger partial charge in [-0.15, -0.1) is 0 Å². The van der Waals surface area contributed by atoms with Gasteiger partial charge in [-0.2, -0.15) is 0 Å². The minimum absolute atomic E-state index is 0.0447. The monoisotopic (exact) mass is 360 g/mol. The van der Waals surface area contributed by atoms with Gasteiger partial charge >= 0.3 is 0 Å². The van der Waals surface area contributed by atoms with Crippen LogP contribution >= 0.6 is 0 Å². The fraction of sp³-hybridized carbons (Fsp3) is 0.143. The highest BCUT2D eigenvalue weighted by Gasteiger charge is 2.35. The van der Waals surface area contributed by atoms with Crippen LogP contribution in [0.2, 0.25) is 0 Å². The second kappa shape index (κ2) is 6.21. The maximum Gasteiger partial charge on any atom is 0.0159 e. The van der Waals surface area contributed by atoms with E-state index in [2.05, 4.69) is 112 Å². The van der Waals surface area contributed by atoms with Crippen molar-refractivity contribution < 1.29 is 0 Å². The first-order valence-corrected chi connectivity index (χ1v) is 9.96. The van der Waals surface area contributed by atoms with E-state index in [-0.39, 0.29) is 5.41 Å². The summed E-state index contributed by atoms with van der Waals surface area (Å²) >= 11 is 0. The first kappa shape index (κ1) is 17.0. The molecule has 0 saturated heterocycles. The lowest BCUT2D eigenvalue weighted by molar-refractivity contribution is 0.660. The van der Waals surface area contributed by atoms with Crippen molar-refractivity contribution in [2.75, 3.05) is 0 Å². The Labute approximate surface area is 167 Å². The zero-order chi connectivity index (χ0) is 19.3. The third kappa shape index (κ3) is 2.52. The van der Waals surface area contributed by atoms with E-state index in [1.54, 1.807) is 0 Å². The van der Waals surface area contributed by atoms with Crippen molar-refractivity contribution >= 4 is 0 Å². The fourth-order valence-electron chi connectivity index (χ4n) is 4.62. The zero-order valence-electron chi connectivity index (χ0n) is 16.7. The van der Waals surface area contributed by atoms with Crippen LogP contribution in [0.25, 0.3) is 33.4 Å². The number of hydrogen-bond donors (Lipinski definition) is 0. The number of benzene rings is 4. The number of hydrogen-bond acceptors (Lipinski definition) is 0. The number of rotatable bonds is 2. The van der Waals surface area contributed by atoms with Gasteiger partial charge in [-0.05, 0) is 63.1 Å². The predicted molar refractivity (Wildman–Crippen MR) is 120 cm³/mol. The van der Waals surface area contributed by atoms with Crippen molar-refractivity contribution in [2.45, 2.75) is 26.2 Å². The molecule has 0 bridgehead atoms. The minimum Gasteiger partial charge on any atom is -0.0620 e. The van der Waals surface area contributed by atoms with Crippen LogP contribution in [0.15, 0.2) is 91.0 Å². The smallest absolute Gasteiger partial charge is 0.0159 e. The third-order valence-corrected chi connectivity index (χ3v) is 6.26. The molecule has 5 rings (SSSR count). The molecule has 0 amide bonds. The molecule has 0 radical (unpaired) electrons. The van der Waals surface area contributed by atoms with Crippen molar-refractivity contribution in [3.05, 3.63) is 108 Å². The van der Waals surface area contributed by atoms with Gasteiger partial charge in [0.1, 0.15) is 0 Å². The highest BCUT2D eigenvalue weighted by atomic mass is 14.4. The second-order valence-electron chi connectivity index (χ2n) is 8.32. The zero-order valence-corrected chi connectivity index (χ0v) is 16.7. The van der Waals surface area contributed by atoms with E-state index in [0.717, 1.165) is 0 Å². The molecule has 0 nitrogen and oxygen atoms in total. The standard InChI is InChI=1S/C28H24/c1-19-8-4-5-9-23(19)21-14-12-20(13-15-21)22-16-17-25-24-10-6-7-11-26(24)28(2,3)27(25)18-22/h4-18H,1-3H3. The Kier molecular flexibility index (Phi) is 3.77. The largest absolute Gasteiger partial charge is 0.0620 e. The Morgan fingerprint density at radius 2 is 1.07 bits per heavy atom. The first-order chi connectivity index (χ1) is 13.6. The molecule has 1 aliphatic carbocycles. The fourth-order valence-corrected chi connectivity index (χ4v) is 4.62. The van der Waals surface area contributed by atoms with Crippen LogP contribution in [-0.2, 0) is 5.41 Å². The van der Waals surface area contributed by atoms with Crippen molar-refractivity contribution in [2.24, 2.45) is 0 Å². The van der Waals surface area contributed by atoms with Crippen LogP contribution in [0.5, 0.6) is 0 Å². The predicted octanol–water partition coefficient (Wildman–Crippen LogP) is 7.64. The van der Waals surface area contributed by atoms with Crippen LogP contribution in [0.1, 0.15) is 30.5 Å². The van der Waals surface area contributed by atoms with E-state index in [1.807, 2.05) is 0 Å². The maximum atomic E-state index is 2.39. The van der Waals surface area contributed by atoms with Crippen LogP contribution in [-0.4, -0.2) is 0 Å². The molecule has 28 heavy (non-hydrogen) atoms. The molecule has 0 heteroatoms. The van der Waals surface area contributed by atoms with Gasteiger partial charge in [0.15, 0.2) is 0 Å². The summed E-state index contributed by atoms with van der Waals surface area (Å²) in [4.78, 5) is 0. The maximum absolute atomic E-state index is 2.39. The Bertz CT molecular complexity index is 1180. The van der Waals surface area contributed by atoms with Gasteiger partial charge in [0.2, 0.25) is 0 Å². The van der Waals surface area contributed by atoms with Gasteiger partial charge in [-0.3, -0.25) is 0 Å². The van der Waals surface area contributed by atoms with Gasteiger partial charge in [0, 0.05) is 5.41 Å². The third-order valence-electron chi connectivity index (χ3n) is 6.26. The topological polar surface area (TPSA) is 0 Å². The molecule has 0 unspecified atom stereocenters. The van der Waals surface area contributed by atoms with Crippen molar-refractivity contribution in [3.63, 3.8) is 0 Å². The summed E-state index contributed by atoms with van der Waals surface area (Å²) in [5.74, 6) is 0. The molecule has 0 spiro atoms. The highest BCUT2D eigenvalue weighted by Crippen LogP contribution is 2.49. The Balaban J connectivity index is 1.56. The van der Waals surface area contributed by atoms with E-state index < -0.39 is 0 Å². The van der Waals surface area contributed by atoms with E-state index in [0.29, 0.717) is 0 Å². The molecule has 1 aliphatic rings. The summed E-state index contributed by atoms with van der Waals surface area (Å²) in [6, 6.07) is 33.3. The quantitative estimate of drug-likeness (QED) is 0.344. The molecule has 0 aromatic heterocycles. The summed E-state index contributed by atoms with van der Waals surface area (Å²) in [5, 5.41) is 0. The Hall–Kier alpha value is -3.12. The lowest BCUT2D eigenvalue weighted by Gasteiger charge is -2.22. The molecule has 4 aromatic rings. The molecular formula is C28H24. The summed E-state index contributed by atoms with van der Waals surface area (Å²) in [6.07, 6.45) is 0. The van der Waals surface area contributed by atoms with Crippen LogP contribution in [0.4, 0.5) is 0 Å². The molecule has 0 saturated carbocycles. The Morgan fingerprint density at radius 1 is 0.500 bits per heavy atom. The SMILES string of the molecule is Cc1ccccc1-c1ccc(-c2ccc3c(c2)C(C)(C)c2ccccc2-3)cc1. The average Bonchev–Trinajstić information content (AvgIpc) is 2.96. The van der Waals surface area contributed by atoms with Crippen LogP contribution in [0, 0.1) is 6.92 Å². The van der Waals surface area contributed by atoms with Gasteiger partial charge in [-0.1, -0.05) is 98.8 Å². The Morgan fingerprint density at radius 3 is 1.82 bits per heavy atom. The molecule has 0 fully saturated rings. The second-order valence-corrected chi connectivity index (χ2v) is 8.32. The van der Waals surface area contributed by atoms with Gasteiger partial charge in [-0.25, -0.2) is 0 Å². The number of fused-ring (bicyclic) bond motifs is 3. The summed E-state index contributed by atoms with van der Waals surface area (Å²) in [7, 11) is 0. The molecule has 0 atom stereocenters. The first-order valence-electron chi connectivity index (χ1n) is 9.96. The highest BCUT2D eigenvalue weighted by molar-refractivity contribution is 5.83. The van der Waals surface area contributed by atoms with E-state index >= 15 is 0 Å². The van der Waals surface area contributed by atoms with E-state index in [9.17, 15) is 0 Å². The van der Waals surface area contributed by atoms with Crippen molar-refractivity contribution in [3.8, 4) is 33.4 Å². The average molecular weight is 361 g/mol. The van der Waals surface area contributed by atoms with Gasteiger partial charge in [0.25, 0.3) is 0 Å². The van der Waals surface area contributed by atoms with Crippen LogP contribution < -0.4 is 0 Å². The molecule has 0 heterocycles. The summed E-state index contributed by atoms with van der Waals surface area (Å²) in [6.45, 7) is 6.84. The minimum atomic E-state index is 0.0447. The molecule has 0 N–H and O–H groups in total. The summed E-state index contributed by atoms with van der Waals surface area (Å²) < 4.78 is 0. The lowest BCUT2D eigenvalue weighted by atomic mass is 9.81. The molecule has 136 valence electrons. The summed E-state index contributed by atoms with van der Waals surface area (Å²) in [5.41, 5.74) is 12.1. The normalized spacial score (nSPS) is 13.8. The van der Waals surface area contributed by atoms with Crippen LogP contribution in [0.3, 0.4) is 0 Å². The number of aryl methyl sites for hydroxylation is 1.